The molecule has 4 rings (SSSR count). The van der Waals surface area contributed by atoms with Gasteiger partial charge in [0.05, 0.1) is 15.9 Å². The smallest absolute Gasteiger partial charge is 0.233 e. The third-order valence-electron chi connectivity index (χ3n) is 4.59. The normalized spacial score (nSPS) is 11.4. The predicted molar refractivity (Wildman–Crippen MR) is 114 cm³/mol. The molecule has 0 aliphatic rings. The molecular weight excluding hydrogens is 354 g/mol. The molecule has 0 spiro atoms. The number of nitrogens with zero attached hydrogens (tertiary/aromatic N) is 1. The van der Waals surface area contributed by atoms with E-state index in [0.717, 1.165) is 27.5 Å². The summed E-state index contributed by atoms with van der Waals surface area (Å²) in [4.78, 5) is 0.304. The Bertz CT molecular complexity index is 1160. The van der Waals surface area contributed by atoms with Gasteiger partial charge in [-0.15, -0.1) is 0 Å². The van der Waals surface area contributed by atoms with Gasteiger partial charge in [-0.25, -0.2) is 12.4 Å². The molecule has 0 fully saturated rings. The molecule has 140 valence electrons. The van der Waals surface area contributed by atoms with Gasteiger partial charge in [0, 0.05) is 10.8 Å². The minimum absolute atomic E-state index is 0.304. The summed E-state index contributed by atoms with van der Waals surface area (Å²) in [6.07, 6.45) is 0. The van der Waals surface area contributed by atoms with E-state index >= 15 is 0 Å². The fourth-order valence-corrected chi connectivity index (χ4v) is 4.82. The summed E-state index contributed by atoms with van der Waals surface area (Å²) >= 11 is 0. The van der Waals surface area contributed by atoms with E-state index in [0.29, 0.717) is 15.9 Å². The fourth-order valence-electron chi connectivity index (χ4n) is 3.29. The summed E-state index contributed by atoms with van der Waals surface area (Å²) in [5.41, 5.74) is 4.69. The largest absolute Gasteiger partial charge is 0.268 e. The molecule has 0 N–H and O–H groups in total. The van der Waals surface area contributed by atoms with Crippen LogP contribution in [0.15, 0.2) is 65.6 Å². The van der Waals surface area contributed by atoms with Gasteiger partial charge in [-0.2, -0.15) is 0 Å². The molecule has 4 heteroatoms. The van der Waals surface area contributed by atoms with Gasteiger partial charge in [0.1, 0.15) is 0 Å². The molecule has 0 unspecified atom stereocenters. The molecular formula is C23H25NO2S. The number of hydrogen-bond acceptors (Lipinski definition) is 2. The highest BCUT2D eigenvalue weighted by atomic mass is 32.2. The van der Waals surface area contributed by atoms with Crippen LogP contribution < -0.4 is 0 Å². The molecule has 0 saturated carbocycles. The summed E-state index contributed by atoms with van der Waals surface area (Å²) < 4.78 is 28.2. The first-order valence-corrected chi connectivity index (χ1v) is 10.7. The van der Waals surface area contributed by atoms with Crippen molar-refractivity contribution in [2.75, 3.05) is 0 Å². The minimum Gasteiger partial charge on any atom is -0.233 e. The highest BCUT2D eigenvalue weighted by Gasteiger charge is 2.23. The van der Waals surface area contributed by atoms with E-state index in [9.17, 15) is 8.42 Å². The average Bonchev–Trinajstić information content (AvgIpc) is 2.97. The maximum atomic E-state index is 13.4. The van der Waals surface area contributed by atoms with Gasteiger partial charge in [-0.05, 0) is 57.2 Å². The van der Waals surface area contributed by atoms with Crippen molar-refractivity contribution in [1.29, 1.82) is 0 Å². The van der Waals surface area contributed by atoms with Gasteiger partial charge in [0.2, 0.25) is 0 Å². The van der Waals surface area contributed by atoms with E-state index in [-0.39, 0.29) is 0 Å². The molecule has 0 aliphatic carbocycles. The molecule has 1 heterocycles. The lowest BCUT2D eigenvalue weighted by Crippen LogP contribution is -2.12. The lowest BCUT2D eigenvalue weighted by atomic mass is 10.1. The van der Waals surface area contributed by atoms with E-state index in [1.54, 1.807) is 12.1 Å². The maximum absolute atomic E-state index is 13.4. The van der Waals surface area contributed by atoms with Crippen LogP contribution in [0.1, 0.15) is 30.5 Å². The molecule has 1 aromatic heterocycles. The summed E-state index contributed by atoms with van der Waals surface area (Å²) in [6, 6.07) is 18.8. The molecule has 0 saturated heterocycles. The topological polar surface area (TPSA) is 39.1 Å². The number of rotatable bonds is 2. The van der Waals surface area contributed by atoms with Crippen molar-refractivity contribution in [1.82, 2.24) is 3.97 Å². The van der Waals surface area contributed by atoms with Gasteiger partial charge >= 0.3 is 0 Å². The molecule has 0 aliphatic heterocycles. The van der Waals surface area contributed by atoms with Crippen LogP contribution in [0.25, 0.3) is 21.8 Å². The fraction of sp³-hybridized carbons (Fsp3) is 0.217. The van der Waals surface area contributed by atoms with E-state index < -0.39 is 10.0 Å². The highest BCUT2D eigenvalue weighted by Crippen LogP contribution is 2.33. The Balaban J connectivity index is 0.00000102. The number of aromatic nitrogens is 1. The first-order valence-electron chi connectivity index (χ1n) is 9.21. The Morgan fingerprint density at radius 2 is 1.04 bits per heavy atom. The second-order valence-corrected chi connectivity index (χ2v) is 8.41. The highest BCUT2D eigenvalue weighted by molar-refractivity contribution is 7.90. The Kier molecular flexibility index (Phi) is 5.11. The Morgan fingerprint density at radius 1 is 0.630 bits per heavy atom. The second-order valence-electron chi connectivity index (χ2n) is 6.62. The molecule has 27 heavy (non-hydrogen) atoms. The third-order valence-corrected chi connectivity index (χ3v) is 6.33. The molecule has 0 bridgehead atoms. The van der Waals surface area contributed by atoms with Crippen LogP contribution >= 0.6 is 0 Å². The average molecular weight is 380 g/mol. The van der Waals surface area contributed by atoms with E-state index in [4.69, 9.17) is 0 Å². The van der Waals surface area contributed by atoms with Gasteiger partial charge in [0.15, 0.2) is 0 Å². The summed E-state index contributed by atoms with van der Waals surface area (Å²) in [5, 5.41) is 1.93. The second kappa shape index (κ2) is 7.20. The number of fused-ring (bicyclic) bond motifs is 3. The quantitative estimate of drug-likeness (QED) is 0.429. The van der Waals surface area contributed by atoms with E-state index in [2.05, 4.69) is 12.1 Å². The Morgan fingerprint density at radius 3 is 1.48 bits per heavy atom. The SMILES string of the molecule is CC.Cc1ccc(S(=O)(=O)n2c3ccc(C)cc3c3cc(C)ccc32)cc1. The molecule has 4 aromatic rings. The van der Waals surface area contributed by atoms with Gasteiger partial charge < -0.3 is 0 Å². The van der Waals surface area contributed by atoms with Crippen LogP contribution in [-0.2, 0) is 10.0 Å². The molecule has 3 aromatic carbocycles. The lowest BCUT2D eigenvalue weighted by Gasteiger charge is -2.10. The zero-order valence-electron chi connectivity index (χ0n) is 16.4. The minimum atomic E-state index is -3.67. The number of aryl methyl sites for hydroxylation is 3. The van der Waals surface area contributed by atoms with Gasteiger partial charge in [-0.3, -0.25) is 0 Å². The summed E-state index contributed by atoms with van der Waals surface area (Å²) in [7, 11) is -3.67. The van der Waals surface area contributed by atoms with Crippen molar-refractivity contribution in [2.24, 2.45) is 0 Å². The Hall–Kier alpha value is -2.59. The predicted octanol–water partition coefficient (Wildman–Crippen LogP) is 5.98. The first kappa shape index (κ1) is 19.2. The first-order chi connectivity index (χ1) is 12.9. The van der Waals surface area contributed by atoms with Gasteiger partial charge in [-0.1, -0.05) is 54.8 Å². The van der Waals surface area contributed by atoms with Crippen LogP contribution in [0.3, 0.4) is 0 Å². The van der Waals surface area contributed by atoms with Crippen LogP contribution in [0.4, 0.5) is 0 Å². The van der Waals surface area contributed by atoms with Crippen LogP contribution in [0.5, 0.6) is 0 Å². The standard InChI is InChI=1S/C21H19NO2S.C2H6/c1-14-4-8-17(9-5-14)25(23,24)22-20-10-6-15(2)12-18(20)19-13-16(3)7-11-21(19)22;1-2/h4-13H,1-3H3;1-2H3. The number of hydrogen-bond donors (Lipinski definition) is 0. The van der Waals surface area contributed by atoms with Crippen molar-refractivity contribution >= 4 is 31.8 Å². The molecule has 0 atom stereocenters. The van der Waals surface area contributed by atoms with Crippen molar-refractivity contribution in [3.05, 3.63) is 77.4 Å². The lowest BCUT2D eigenvalue weighted by molar-refractivity contribution is 0.590. The number of benzene rings is 3. The maximum Gasteiger partial charge on any atom is 0.268 e. The summed E-state index contributed by atoms with van der Waals surface area (Å²) in [6.45, 7) is 9.99. The van der Waals surface area contributed by atoms with Crippen LogP contribution in [-0.4, -0.2) is 12.4 Å². The van der Waals surface area contributed by atoms with Crippen molar-refractivity contribution in [2.45, 2.75) is 39.5 Å². The van der Waals surface area contributed by atoms with Crippen LogP contribution in [0, 0.1) is 20.8 Å². The van der Waals surface area contributed by atoms with Gasteiger partial charge in [0.25, 0.3) is 10.0 Å². The van der Waals surface area contributed by atoms with E-state index in [1.807, 2.05) is 71.0 Å². The Labute approximate surface area is 161 Å². The van der Waals surface area contributed by atoms with Crippen molar-refractivity contribution in [3.8, 4) is 0 Å². The van der Waals surface area contributed by atoms with Crippen molar-refractivity contribution in [3.63, 3.8) is 0 Å². The molecule has 0 radical (unpaired) electrons. The zero-order chi connectivity index (χ0) is 19.8. The van der Waals surface area contributed by atoms with Crippen molar-refractivity contribution < 1.29 is 8.42 Å². The monoisotopic (exact) mass is 379 g/mol. The molecule has 0 amide bonds. The third kappa shape index (κ3) is 3.26. The summed E-state index contributed by atoms with van der Waals surface area (Å²) in [5.74, 6) is 0. The molecule has 3 nitrogen and oxygen atoms in total. The zero-order valence-corrected chi connectivity index (χ0v) is 17.3. The van der Waals surface area contributed by atoms with E-state index in [1.165, 1.54) is 3.97 Å². The van der Waals surface area contributed by atoms with Crippen LogP contribution in [0.2, 0.25) is 0 Å².